The molecule has 0 saturated heterocycles. The summed E-state index contributed by atoms with van der Waals surface area (Å²) < 4.78 is 34.3. The van der Waals surface area contributed by atoms with Crippen molar-refractivity contribution in [3.8, 4) is 0 Å². The molecule has 0 spiro atoms. The molecule has 0 aliphatic rings. The predicted octanol–water partition coefficient (Wildman–Crippen LogP) is -0.615. The molecule has 5 nitrogen and oxygen atoms in total. The molecular formula is C3H9O5PS. The first kappa shape index (κ1) is 10.1. The van der Waals surface area contributed by atoms with Crippen molar-refractivity contribution in [2.75, 3.05) is 6.61 Å². The predicted molar refractivity (Wildman–Crippen MR) is 36.9 cm³/mol. The van der Waals surface area contributed by atoms with E-state index >= 15 is 0 Å². The third-order valence-corrected chi connectivity index (χ3v) is 2.09. The quantitative estimate of drug-likeness (QED) is 0.454. The molecule has 0 fully saturated rings. The molecule has 0 aliphatic carbocycles. The largest absolute Gasteiger partial charge is 0.326 e. The van der Waals surface area contributed by atoms with Gasteiger partial charge in [0, 0.05) is 0 Å². The van der Waals surface area contributed by atoms with Crippen molar-refractivity contribution >= 4 is 19.0 Å². The topological polar surface area (TPSA) is 80.7 Å². The van der Waals surface area contributed by atoms with Crippen LogP contribution in [0.5, 0.6) is 0 Å². The van der Waals surface area contributed by atoms with Gasteiger partial charge in [0.2, 0.25) is 0 Å². The second-order valence-electron chi connectivity index (χ2n) is 1.71. The Balaban J connectivity index is 3.59. The summed E-state index contributed by atoms with van der Waals surface area (Å²) in [5, 5.41) is -0.698. The molecule has 7 heteroatoms. The lowest BCUT2D eigenvalue weighted by Gasteiger charge is -2.00. The second-order valence-corrected chi connectivity index (χ2v) is 3.98. The van der Waals surface area contributed by atoms with Crippen molar-refractivity contribution in [2.45, 2.75) is 12.2 Å². The molecule has 62 valence electrons. The van der Waals surface area contributed by atoms with E-state index in [-0.39, 0.29) is 6.61 Å². The van der Waals surface area contributed by atoms with E-state index in [1.165, 1.54) is 6.92 Å². The zero-order valence-corrected chi connectivity index (χ0v) is 7.21. The zero-order chi connectivity index (χ0) is 8.15. The molecule has 10 heavy (non-hydrogen) atoms. The van der Waals surface area contributed by atoms with Crippen LogP contribution in [-0.2, 0) is 19.8 Å². The van der Waals surface area contributed by atoms with Gasteiger partial charge in [-0.25, -0.2) is 8.42 Å². The highest BCUT2D eigenvalue weighted by molar-refractivity contribution is 7.73. The molecule has 0 amide bonds. The normalized spacial score (nSPS) is 17.1. The van der Waals surface area contributed by atoms with Crippen molar-refractivity contribution in [1.82, 2.24) is 0 Å². The van der Waals surface area contributed by atoms with Gasteiger partial charge < -0.3 is 9.42 Å². The Bertz CT molecular complexity index is 179. The first-order valence-corrected chi connectivity index (χ1v) is 5.04. The van der Waals surface area contributed by atoms with Gasteiger partial charge >= 0.3 is 8.25 Å². The lowest BCUT2D eigenvalue weighted by atomic mass is 10.5. The average molecular weight is 188 g/mol. The first-order chi connectivity index (χ1) is 4.54. The van der Waals surface area contributed by atoms with Crippen LogP contribution in [0.2, 0.25) is 0 Å². The van der Waals surface area contributed by atoms with E-state index in [4.69, 9.17) is 4.89 Å². The Morgan fingerprint density at radius 3 is 2.50 bits per heavy atom. The fourth-order valence-electron chi connectivity index (χ4n) is 0.253. The van der Waals surface area contributed by atoms with Gasteiger partial charge in [0.15, 0.2) is 0 Å². The van der Waals surface area contributed by atoms with Gasteiger partial charge in [0.25, 0.3) is 0 Å². The zero-order valence-electron chi connectivity index (χ0n) is 5.31. The minimum atomic E-state index is -2.98. The fraction of sp³-hybridized carbons (Fsp3) is 1.00. The number of hydrogen-bond acceptors (Lipinski definition) is 4. The summed E-state index contributed by atoms with van der Waals surface area (Å²) in [7, 11) is -5.53. The van der Waals surface area contributed by atoms with Gasteiger partial charge in [-0.05, 0) is 6.92 Å². The van der Waals surface area contributed by atoms with Gasteiger partial charge in [0.1, 0.15) is 10.7 Å². The van der Waals surface area contributed by atoms with Crippen molar-refractivity contribution in [1.29, 1.82) is 0 Å². The monoisotopic (exact) mass is 188 g/mol. The van der Waals surface area contributed by atoms with Gasteiger partial charge in [-0.15, -0.1) is 0 Å². The number of rotatable bonds is 4. The third kappa shape index (κ3) is 4.93. The van der Waals surface area contributed by atoms with Crippen LogP contribution in [0, 0.1) is 0 Å². The van der Waals surface area contributed by atoms with Gasteiger partial charge in [-0.3, -0.25) is 4.57 Å². The standard InChI is InChI=1S/C3H9O5PS/c1-3(10(6)7)2-8-9(4)5/h3,9-10H,2H2,1H3,(H,4,5). The molecule has 0 bridgehead atoms. The highest BCUT2D eigenvalue weighted by Crippen LogP contribution is 2.14. The number of hydrogen-bond donors (Lipinski definition) is 2. The summed E-state index contributed by atoms with van der Waals surface area (Å²) in [6.45, 7) is 1.18. The van der Waals surface area contributed by atoms with E-state index in [1.807, 2.05) is 0 Å². The molecule has 0 rings (SSSR count). The van der Waals surface area contributed by atoms with E-state index in [2.05, 4.69) is 4.52 Å². The molecule has 0 saturated carbocycles. The van der Waals surface area contributed by atoms with Crippen LogP contribution in [0.1, 0.15) is 6.92 Å². The van der Waals surface area contributed by atoms with Crippen LogP contribution in [0.4, 0.5) is 0 Å². The Morgan fingerprint density at radius 1 is 1.70 bits per heavy atom. The molecule has 0 aromatic carbocycles. The lowest BCUT2D eigenvalue weighted by Crippen LogP contribution is -2.10. The van der Waals surface area contributed by atoms with Gasteiger partial charge in [0.05, 0.1) is 11.9 Å². The Labute approximate surface area is 60.9 Å². The highest BCUT2D eigenvalue weighted by atomic mass is 32.2. The SMILES string of the molecule is CC(CO[PH](=O)O)[SH](=O)=O. The maximum atomic E-state index is 10.1. The van der Waals surface area contributed by atoms with Gasteiger partial charge in [-0.2, -0.15) is 0 Å². The van der Waals surface area contributed by atoms with Crippen LogP contribution in [-0.4, -0.2) is 25.2 Å². The van der Waals surface area contributed by atoms with Crippen molar-refractivity contribution < 1.29 is 22.4 Å². The van der Waals surface area contributed by atoms with Crippen LogP contribution in [0.25, 0.3) is 0 Å². The second kappa shape index (κ2) is 4.85. The summed E-state index contributed by atoms with van der Waals surface area (Å²) in [5.74, 6) is 0. The fourth-order valence-corrected chi connectivity index (χ4v) is 0.982. The van der Waals surface area contributed by atoms with Crippen LogP contribution >= 0.6 is 8.25 Å². The molecule has 0 radical (unpaired) electrons. The smallest absolute Gasteiger partial charge is 0.316 e. The molecule has 0 aromatic heterocycles. The summed E-state index contributed by atoms with van der Waals surface area (Å²) in [4.78, 5) is 8.11. The summed E-state index contributed by atoms with van der Waals surface area (Å²) in [6.07, 6.45) is 0. The van der Waals surface area contributed by atoms with Crippen LogP contribution in [0.3, 0.4) is 0 Å². The molecule has 0 aliphatic heterocycles. The van der Waals surface area contributed by atoms with E-state index < -0.39 is 24.2 Å². The first-order valence-electron chi connectivity index (χ1n) is 2.53. The average Bonchev–Trinajstić information content (AvgIpc) is 1.82. The van der Waals surface area contributed by atoms with E-state index in [0.29, 0.717) is 0 Å². The lowest BCUT2D eigenvalue weighted by molar-refractivity contribution is 0.283. The molecule has 1 N–H and O–H groups in total. The maximum absolute atomic E-state index is 10.1. The summed E-state index contributed by atoms with van der Waals surface area (Å²) >= 11 is 0. The minimum Gasteiger partial charge on any atom is -0.326 e. The molecular weight excluding hydrogens is 179 g/mol. The summed E-state index contributed by atoms with van der Waals surface area (Å²) in [6, 6.07) is 0. The van der Waals surface area contributed by atoms with E-state index in [0.717, 1.165) is 0 Å². The molecule has 2 atom stereocenters. The van der Waals surface area contributed by atoms with Crippen LogP contribution in [0.15, 0.2) is 0 Å². The molecule has 0 aromatic rings. The molecule has 0 heterocycles. The Morgan fingerprint density at radius 2 is 2.20 bits per heavy atom. The van der Waals surface area contributed by atoms with Crippen molar-refractivity contribution in [3.05, 3.63) is 0 Å². The van der Waals surface area contributed by atoms with Crippen molar-refractivity contribution in [2.24, 2.45) is 0 Å². The number of thiol groups is 1. The van der Waals surface area contributed by atoms with Gasteiger partial charge in [-0.1, -0.05) is 0 Å². The maximum Gasteiger partial charge on any atom is 0.316 e. The summed E-state index contributed by atoms with van der Waals surface area (Å²) in [5.41, 5.74) is 0. The minimum absolute atomic E-state index is 0.215. The van der Waals surface area contributed by atoms with E-state index in [1.54, 1.807) is 0 Å². The van der Waals surface area contributed by atoms with Crippen molar-refractivity contribution in [3.63, 3.8) is 0 Å². The van der Waals surface area contributed by atoms with Crippen LogP contribution < -0.4 is 0 Å². The third-order valence-electron chi connectivity index (χ3n) is 0.808. The Hall–Kier alpha value is 0.100. The highest BCUT2D eigenvalue weighted by Gasteiger charge is 2.04. The Kier molecular flexibility index (Phi) is 4.89. The molecule has 2 unspecified atom stereocenters. The van der Waals surface area contributed by atoms with E-state index in [9.17, 15) is 13.0 Å².